The van der Waals surface area contributed by atoms with Gasteiger partial charge in [-0.15, -0.1) is 0 Å². The third kappa shape index (κ3) is 3.50. The summed E-state index contributed by atoms with van der Waals surface area (Å²) in [7, 11) is 0. The first kappa shape index (κ1) is 16.5. The summed E-state index contributed by atoms with van der Waals surface area (Å²) in [4.78, 5) is 22.1. The highest BCUT2D eigenvalue weighted by molar-refractivity contribution is 5.90. The molecule has 0 spiro atoms. The summed E-state index contributed by atoms with van der Waals surface area (Å²) in [5, 5.41) is 14.7. The quantitative estimate of drug-likeness (QED) is 0.463. The first-order chi connectivity index (χ1) is 11.0. The fourth-order valence-electron chi connectivity index (χ4n) is 2.10. The minimum absolute atomic E-state index is 0.0385. The third-order valence-electron chi connectivity index (χ3n) is 3.09. The number of halogens is 2. The number of alkyl halides is 2. The molecule has 0 saturated carbocycles. The maximum Gasteiger partial charge on any atom is 0.341 e. The molecule has 0 fully saturated rings. The topological polar surface area (TPSA) is 87.3 Å². The van der Waals surface area contributed by atoms with Crippen LogP contribution in [0, 0.1) is 10.1 Å². The molecule has 23 heavy (non-hydrogen) atoms. The van der Waals surface area contributed by atoms with Gasteiger partial charge in [0.15, 0.2) is 0 Å². The summed E-state index contributed by atoms with van der Waals surface area (Å²) in [6.45, 7) is 1.34. The predicted molar refractivity (Wildman–Crippen MR) is 75.3 cm³/mol. The monoisotopic (exact) mass is 325 g/mol. The number of hydrogen-bond acceptors (Lipinski definition) is 5. The van der Waals surface area contributed by atoms with Gasteiger partial charge >= 0.3 is 5.97 Å². The number of esters is 1. The van der Waals surface area contributed by atoms with E-state index in [0.29, 0.717) is 0 Å². The summed E-state index contributed by atoms with van der Waals surface area (Å²) in [5.74, 6) is -0.906. The molecule has 7 nitrogen and oxygen atoms in total. The molecule has 0 amide bonds. The minimum Gasteiger partial charge on any atom is -0.462 e. The average molecular weight is 325 g/mol. The maximum absolute atomic E-state index is 13.3. The standard InChI is InChI=1S/C14H13F2N3O4/c1-2-23-14(20)10-7-17-18(12(10)13(15)16)8-9-5-3-4-6-11(9)19(21)22/h3-7,13H,2,8H2,1H3. The number of aromatic nitrogens is 2. The molecule has 9 heteroatoms. The zero-order chi connectivity index (χ0) is 17.0. The van der Waals surface area contributed by atoms with Gasteiger partial charge in [0, 0.05) is 6.07 Å². The second kappa shape index (κ2) is 6.95. The fourth-order valence-corrected chi connectivity index (χ4v) is 2.10. The molecule has 0 atom stereocenters. The lowest BCUT2D eigenvalue weighted by atomic mass is 10.1. The molecule has 0 aliphatic rings. The maximum atomic E-state index is 13.3. The summed E-state index contributed by atoms with van der Waals surface area (Å²) < 4.78 is 32.1. The Labute approximate surface area is 129 Å². The van der Waals surface area contributed by atoms with E-state index >= 15 is 0 Å². The number of hydrogen-bond donors (Lipinski definition) is 0. The second-order valence-electron chi connectivity index (χ2n) is 4.51. The van der Waals surface area contributed by atoms with Gasteiger partial charge in [0.1, 0.15) is 11.3 Å². The Morgan fingerprint density at radius 3 is 2.74 bits per heavy atom. The van der Waals surface area contributed by atoms with Gasteiger partial charge in [-0.05, 0) is 6.92 Å². The molecule has 1 heterocycles. The molecule has 0 radical (unpaired) electrons. The van der Waals surface area contributed by atoms with Crippen molar-refractivity contribution in [2.45, 2.75) is 19.9 Å². The molecule has 0 saturated heterocycles. The highest BCUT2D eigenvalue weighted by atomic mass is 19.3. The van der Waals surface area contributed by atoms with Gasteiger partial charge in [-0.25, -0.2) is 13.6 Å². The van der Waals surface area contributed by atoms with Gasteiger partial charge in [-0.1, -0.05) is 18.2 Å². The van der Waals surface area contributed by atoms with E-state index in [4.69, 9.17) is 4.74 Å². The van der Waals surface area contributed by atoms with Crippen LogP contribution in [0.25, 0.3) is 0 Å². The molecule has 0 aliphatic carbocycles. The Bertz CT molecular complexity index is 731. The van der Waals surface area contributed by atoms with Crippen LogP contribution in [0.5, 0.6) is 0 Å². The van der Waals surface area contributed by atoms with Crippen LogP contribution in [0.15, 0.2) is 30.5 Å². The molecular weight excluding hydrogens is 312 g/mol. The zero-order valence-electron chi connectivity index (χ0n) is 12.1. The van der Waals surface area contributed by atoms with Crippen LogP contribution in [0.3, 0.4) is 0 Å². The van der Waals surface area contributed by atoms with E-state index in [1.54, 1.807) is 13.0 Å². The molecule has 0 N–H and O–H groups in total. The highest BCUT2D eigenvalue weighted by Gasteiger charge is 2.26. The lowest BCUT2D eigenvalue weighted by molar-refractivity contribution is -0.385. The molecule has 122 valence electrons. The highest BCUT2D eigenvalue weighted by Crippen LogP contribution is 2.26. The summed E-state index contributed by atoms with van der Waals surface area (Å²) in [5.41, 5.74) is -0.971. The number of benzene rings is 1. The van der Waals surface area contributed by atoms with Crippen LogP contribution in [-0.2, 0) is 11.3 Å². The van der Waals surface area contributed by atoms with Gasteiger partial charge < -0.3 is 4.74 Å². The van der Waals surface area contributed by atoms with Crippen molar-refractivity contribution >= 4 is 11.7 Å². The lowest BCUT2D eigenvalue weighted by Crippen LogP contribution is -2.12. The largest absolute Gasteiger partial charge is 0.462 e. The molecule has 2 rings (SSSR count). The van der Waals surface area contributed by atoms with Crippen molar-refractivity contribution in [1.82, 2.24) is 9.78 Å². The summed E-state index contributed by atoms with van der Waals surface area (Å²) in [6, 6.07) is 5.75. The molecular formula is C14H13F2N3O4. The van der Waals surface area contributed by atoms with E-state index in [2.05, 4.69) is 5.10 Å². The molecule has 0 unspecified atom stereocenters. The first-order valence-corrected chi connectivity index (χ1v) is 6.69. The Morgan fingerprint density at radius 2 is 2.13 bits per heavy atom. The number of carbonyl (C=O) groups excluding carboxylic acids is 1. The first-order valence-electron chi connectivity index (χ1n) is 6.69. The molecule has 2 aromatic rings. The van der Waals surface area contributed by atoms with Crippen molar-refractivity contribution in [2.24, 2.45) is 0 Å². The Morgan fingerprint density at radius 1 is 1.43 bits per heavy atom. The van der Waals surface area contributed by atoms with Crippen LogP contribution in [-0.4, -0.2) is 27.3 Å². The van der Waals surface area contributed by atoms with E-state index < -0.39 is 23.0 Å². The van der Waals surface area contributed by atoms with E-state index in [9.17, 15) is 23.7 Å². The second-order valence-corrected chi connectivity index (χ2v) is 4.51. The predicted octanol–water partition coefficient (Wildman–Crippen LogP) is 2.95. The number of para-hydroxylation sites is 1. The van der Waals surface area contributed by atoms with Gasteiger partial charge in [0.05, 0.1) is 29.8 Å². The Kier molecular flexibility index (Phi) is 4.99. The smallest absolute Gasteiger partial charge is 0.341 e. The average Bonchev–Trinajstić information content (AvgIpc) is 2.91. The van der Waals surface area contributed by atoms with Crippen molar-refractivity contribution in [3.05, 3.63) is 57.4 Å². The van der Waals surface area contributed by atoms with Crippen LogP contribution in [0.2, 0.25) is 0 Å². The number of nitro benzene ring substituents is 1. The van der Waals surface area contributed by atoms with Crippen molar-refractivity contribution in [1.29, 1.82) is 0 Å². The van der Waals surface area contributed by atoms with Gasteiger partial charge in [-0.2, -0.15) is 5.10 Å². The summed E-state index contributed by atoms with van der Waals surface area (Å²) in [6.07, 6.45) is -1.99. The normalized spacial score (nSPS) is 10.8. The molecule has 0 aliphatic heterocycles. The van der Waals surface area contributed by atoms with Crippen molar-refractivity contribution < 1.29 is 23.2 Å². The number of nitrogens with zero attached hydrogens (tertiary/aromatic N) is 3. The van der Waals surface area contributed by atoms with Crippen molar-refractivity contribution in [3.8, 4) is 0 Å². The Balaban J connectivity index is 2.42. The number of carbonyl (C=O) groups is 1. The number of ether oxygens (including phenoxy) is 1. The third-order valence-corrected chi connectivity index (χ3v) is 3.09. The molecule has 0 bridgehead atoms. The van der Waals surface area contributed by atoms with Crippen molar-refractivity contribution in [2.75, 3.05) is 6.61 Å². The minimum atomic E-state index is -2.97. The van der Waals surface area contributed by atoms with Gasteiger partial charge in [-0.3, -0.25) is 14.8 Å². The van der Waals surface area contributed by atoms with E-state index in [0.717, 1.165) is 10.9 Å². The molecule has 1 aromatic carbocycles. The molecule has 1 aromatic heterocycles. The summed E-state index contributed by atoms with van der Waals surface area (Å²) >= 11 is 0. The van der Waals surface area contributed by atoms with E-state index in [-0.39, 0.29) is 30.0 Å². The van der Waals surface area contributed by atoms with Crippen LogP contribution >= 0.6 is 0 Å². The SMILES string of the molecule is CCOC(=O)c1cnn(Cc2ccccc2[N+](=O)[O-])c1C(F)F. The number of nitro groups is 1. The van der Waals surface area contributed by atoms with Gasteiger partial charge in [0.25, 0.3) is 12.1 Å². The van der Waals surface area contributed by atoms with Gasteiger partial charge in [0.2, 0.25) is 0 Å². The van der Waals surface area contributed by atoms with Crippen molar-refractivity contribution in [3.63, 3.8) is 0 Å². The van der Waals surface area contributed by atoms with Crippen LogP contribution in [0.4, 0.5) is 14.5 Å². The lowest BCUT2D eigenvalue weighted by Gasteiger charge is -2.09. The van der Waals surface area contributed by atoms with Crippen LogP contribution < -0.4 is 0 Å². The van der Waals surface area contributed by atoms with Crippen LogP contribution in [0.1, 0.15) is 35.0 Å². The zero-order valence-corrected chi connectivity index (χ0v) is 12.1. The fraction of sp³-hybridized carbons (Fsp3) is 0.286. The Hall–Kier alpha value is -2.84. The number of rotatable bonds is 6. The van der Waals surface area contributed by atoms with E-state index in [1.165, 1.54) is 18.2 Å². The van der Waals surface area contributed by atoms with E-state index in [1.807, 2.05) is 0 Å².